The van der Waals surface area contributed by atoms with Crippen LogP contribution in [0.4, 0.5) is 0 Å². The minimum atomic E-state index is 0.0950. The molecule has 0 saturated carbocycles. The Morgan fingerprint density at radius 1 is 1.35 bits per heavy atom. The zero-order valence-corrected chi connectivity index (χ0v) is 9.86. The van der Waals surface area contributed by atoms with Gasteiger partial charge >= 0.3 is 0 Å². The zero-order valence-electron chi connectivity index (χ0n) is 9.86. The Morgan fingerprint density at radius 3 is 2.88 bits per heavy atom. The number of fused-ring (bicyclic) bond motifs is 1. The van der Waals surface area contributed by atoms with Gasteiger partial charge < -0.3 is 4.98 Å². The summed E-state index contributed by atoms with van der Waals surface area (Å²) < 4.78 is 0. The smallest absolute Gasteiger partial charge is 0.192 e. The van der Waals surface area contributed by atoms with Crippen molar-refractivity contribution in [2.75, 3.05) is 0 Å². The predicted molar refractivity (Wildman–Crippen MR) is 73.2 cm³/mol. The lowest BCUT2D eigenvalue weighted by molar-refractivity contribution is 1.26. The number of allylic oxidation sites excluding steroid dienone is 2. The molecule has 2 nitrogen and oxygen atoms in total. The number of benzene rings is 1. The van der Waals surface area contributed by atoms with Crippen molar-refractivity contribution < 1.29 is 0 Å². The van der Waals surface area contributed by atoms with Crippen LogP contribution >= 0.6 is 0 Å². The molecule has 1 aromatic carbocycles. The van der Waals surface area contributed by atoms with Crippen LogP contribution in [0.25, 0.3) is 17.0 Å². The van der Waals surface area contributed by atoms with Gasteiger partial charge in [-0.2, -0.15) is 0 Å². The number of aromatic amines is 1. The van der Waals surface area contributed by atoms with Crippen LogP contribution in [0, 0.1) is 6.92 Å². The molecule has 0 aliphatic carbocycles. The fourth-order valence-electron chi connectivity index (χ4n) is 1.80. The summed E-state index contributed by atoms with van der Waals surface area (Å²) >= 11 is 0. The van der Waals surface area contributed by atoms with E-state index in [-0.39, 0.29) is 5.43 Å². The first-order valence-electron chi connectivity index (χ1n) is 5.63. The van der Waals surface area contributed by atoms with E-state index in [0.29, 0.717) is 0 Å². The molecule has 17 heavy (non-hydrogen) atoms. The molecule has 0 atom stereocenters. The van der Waals surface area contributed by atoms with E-state index >= 15 is 0 Å². The van der Waals surface area contributed by atoms with Crippen LogP contribution in [0.1, 0.15) is 17.7 Å². The molecule has 1 heterocycles. The Bertz CT molecular complexity index is 635. The summed E-state index contributed by atoms with van der Waals surface area (Å²) in [5, 5.41) is 0.742. The maximum atomic E-state index is 12.1. The van der Waals surface area contributed by atoms with Crippen LogP contribution in [-0.4, -0.2) is 4.98 Å². The number of aromatic nitrogens is 1. The standard InChI is InChI=1S/C15H15NO/c1-3-4-5-9-13-11(2)15(17)12-8-6-7-10-14(12)16-13/h3,5-10H,1,4H2,2H3,(H,16,17)/b9-5+. The Balaban J connectivity index is 2.62. The van der Waals surface area contributed by atoms with Crippen LogP contribution in [0.15, 0.2) is 47.8 Å². The van der Waals surface area contributed by atoms with Crippen molar-refractivity contribution in [2.24, 2.45) is 0 Å². The van der Waals surface area contributed by atoms with Gasteiger partial charge in [0.2, 0.25) is 0 Å². The van der Waals surface area contributed by atoms with Crippen molar-refractivity contribution in [1.82, 2.24) is 4.98 Å². The fourth-order valence-corrected chi connectivity index (χ4v) is 1.80. The van der Waals surface area contributed by atoms with E-state index < -0.39 is 0 Å². The van der Waals surface area contributed by atoms with Gasteiger partial charge in [0.25, 0.3) is 0 Å². The van der Waals surface area contributed by atoms with E-state index in [4.69, 9.17) is 0 Å². The van der Waals surface area contributed by atoms with E-state index in [1.54, 1.807) is 0 Å². The molecule has 0 fully saturated rings. The van der Waals surface area contributed by atoms with E-state index in [1.807, 2.05) is 49.4 Å². The van der Waals surface area contributed by atoms with Crippen molar-refractivity contribution in [2.45, 2.75) is 13.3 Å². The molecule has 0 bridgehead atoms. The third-order valence-electron chi connectivity index (χ3n) is 2.77. The largest absolute Gasteiger partial charge is 0.355 e. The monoisotopic (exact) mass is 225 g/mol. The van der Waals surface area contributed by atoms with Crippen LogP contribution in [-0.2, 0) is 0 Å². The molecule has 0 aliphatic heterocycles. The topological polar surface area (TPSA) is 32.9 Å². The van der Waals surface area contributed by atoms with Gasteiger partial charge in [-0.05, 0) is 31.6 Å². The Hall–Kier alpha value is -2.09. The maximum Gasteiger partial charge on any atom is 0.192 e. The summed E-state index contributed by atoms with van der Waals surface area (Å²) in [6, 6.07) is 7.56. The van der Waals surface area contributed by atoms with Crippen molar-refractivity contribution in [1.29, 1.82) is 0 Å². The molecular weight excluding hydrogens is 210 g/mol. The Morgan fingerprint density at radius 2 is 2.12 bits per heavy atom. The summed E-state index contributed by atoms with van der Waals surface area (Å²) in [5.41, 5.74) is 2.60. The van der Waals surface area contributed by atoms with Crippen molar-refractivity contribution in [3.63, 3.8) is 0 Å². The second kappa shape index (κ2) is 4.83. The third kappa shape index (κ3) is 2.21. The highest BCUT2D eigenvalue weighted by Gasteiger charge is 2.04. The van der Waals surface area contributed by atoms with Crippen molar-refractivity contribution in [3.8, 4) is 0 Å². The fraction of sp³-hybridized carbons (Fsp3) is 0.133. The second-order valence-corrected chi connectivity index (χ2v) is 3.97. The summed E-state index contributed by atoms with van der Waals surface area (Å²) in [7, 11) is 0. The number of nitrogens with one attached hydrogen (secondary N) is 1. The van der Waals surface area contributed by atoms with E-state index in [2.05, 4.69) is 11.6 Å². The number of hydrogen-bond donors (Lipinski definition) is 1. The normalized spacial score (nSPS) is 11.1. The van der Waals surface area contributed by atoms with Crippen LogP contribution < -0.4 is 5.43 Å². The van der Waals surface area contributed by atoms with Crippen molar-refractivity contribution >= 4 is 17.0 Å². The summed E-state index contributed by atoms with van der Waals surface area (Å²) in [6.45, 7) is 5.50. The van der Waals surface area contributed by atoms with Crippen LogP contribution in [0.2, 0.25) is 0 Å². The highest BCUT2D eigenvalue weighted by Crippen LogP contribution is 2.12. The number of pyridine rings is 1. The minimum Gasteiger partial charge on any atom is -0.355 e. The Kier molecular flexibility index (Phi) is 3.24. The average Bonchev–Trinajstić information content (AvgIpc) is 2.35. The van der Waals surface area contributed by atoms with Crippen LogP contribution in [0.5, 0.6) is 0 Å². The molecule has 0 unspecified atom stereocenters. The molecule has 2 heteroatoms. The molecule has 0 amide bonds. The SMILES string of the molecule is C=CC/C=C/c1[nH]c2ccccc2c(=O)c1C. The molecule has 1 aromatic heterocycles. The first kappa shape index (κ1) is 11.4. The molecule has 2 aromatic rings. The lowest BCUT2D eigenvalue weighted by Crippen LogP contribution is -2.09. The summed E-state index contributed by atoms with van der Waals surface area (Å²) in [6.07, 6.45) is 6.55. The van der Waals surface area contributed by atoms with Gasteiger partial charge in [-0.3, -0.25) is 4.79 Å². The van der Waals surface area contributed by atoms with Gasteiger partial charge in [0, 0.05) is 22.2 Å². The molecule has 0 saturated heterocycles. The molecule has 86 valence electrons. The highest BCUT2D eigenvalue weighted by molar-refractivity contribution is 5.80. The van der Waals surface area contributed by atoms with Gasteiger partial charge in [-0.1, -0.05) is 24.3 Å². The summed E-state index contributed by atoms with van der Waals surface area (Å²) in [5.74, 6) is 0. The summed E-state index contributed by atoms with van der Waals surface area (Å²) in [4.78, 5) is 15.4. The first-order chi connectivity index (χ1) is 8.24. The quantitative estimate of drug-likeness (QED) is 0.797. The second-order valence-electron chi connectivity index (χ2n) is 3.97. The molecule has 0 radical (unpaired) electrons. The molecular formula is C15H15NO. The van der Waals surface area contributed by atoms with Gasteiger partial charge in [0.1, 0.15) is 0 Å². The minimum absolute atomic E-state index is 0.0950. The molecule has 0 aliphatic rings. The lowest BCUT2D eigenvalue weighted by atomic mass is 10.1. The van der Waals surface area contributed by atoms with Crippen molar-refractivity contribution in [3.05, 3.63) is 64.5 Å². The lowest BCUT2D eigenvalue weighted by Gasteiger charge is -2.04. The number of rotatable bonds is 3. The zero-order chi connectivity index (χ0) is 12.3. The third-order valence-corrected chi connectivity index (χ3v) is 2.77. The number of hydrogen-bond acceptors (Lipinski definition) is 1. The molecule has 1 N–H and O–H groups in total. The number of para-hydroxylation sites is 1. The van der Waals surface area contributed by atoms with Gasteiger partial charge in [-0.15, -0.1) is 6.58 Å². The van der Waals surface area contributed by atoms with Crippen LogP contribution in [0.3, 0.4) is 0 Å². The van der Waals surface area contributed by atoms with E-state index in [9.17, 15) is 4.79 Å². The maximum absolute atomic E-state index is 12.1. The predicted octanol–water partition coefficient (Wildman–Crippen LogP) is 3.43. The highest BCUT2D eigenvalue weighted by atomic mass is 16.1. The average molecular weight is 225 g/mol. The van der Waals surface area contributed by atoms with E-state index in [1.165, 1.54) is 0 Å². The van der Waals surface area contributed by atoms with E-state index in [0.717, 1.165) is 28.6 Å². The first-order valence-corrected chi connectivity index (χ1v) is 5.63. The van der Waals surface area contributed by atoms with Gasteiger partial charge in [0.05, 0.1) is 0 Å². The number of H-pyrrole nitrogens is 1. The molecule has 2 rings (SSSR count). The van der Waals surface area contributed by atoms with Gasteiger partial charge in [0.15, 0.2) is 5.43 Å². The molecule has 0 spiro atoms. The Labute approximate surface area is 100 Å². The van der Waals surface area contributed by atoms with Gasteiger partial charge in [-0.25, -0.2) is 0 Å².